The van der Waals surface area contributed by atoms with Crippen LogP contribution in [0.5, 0.6) is 0 Å². The first-order valence-corrected chi connectivity index (χ1v) is 17.8. The Kier molecular flexibility index (Phi) is 15.2. The van der Waals surface area contributed by atoms with Gasteiger partial charge in [-0.25, -0.2) is 4.79 Å². The van der Waals surface area contributed by atoms with Gasteiger partial charge in [0.2, 0.25) is 5.79 Å². The van der Waals surface area contributed by atoms with E-state index in [4.69, 9.17) is 14.2 Å². The summed E-state index contributed by atoms with van der Waals surface area (Å²) < 4.78 is 17.4. The van der Waals surface area contributed by atoms with Crippen LogP contribution in [0, 0.1) is 23.7 Å². The van der Waals surface area contributed by atoms with Crippen LogP contribution in [0.25, 0.3) is 0 Å². The number of piperidine rings is 1. The minimum atomic E-state index is -2.38. The molecule has 12 heteroatoms. The van der Waals surface area contributed by atoms with Crippen LogP contribution >= 0.6 is 0 Å². The summed E-state index contributed by atoms with van der Waals surface area (Å²) in [4.78, 5) is 66.4. The minimum absolute atomic E-state index is 0.0510. The molecule has 0 aromatic heterocycles. The van der Waals surface area contributed by atoms with Gasteiger partial charge < -0.3 is 34.4 Å². The fraction of sp³-hybridized carbons (Fsp3) is 0.757. The van der Waals surface area contributed by atoms with Gasteiger partial charge in [0.25, 0.3) is 11.7 Å². The van der Waals surface area contributed by atoms with Crippen molar-refractivity contribution >= 4 is 29.7 Å². The number of ketones is 2. The number of aldehydes is 1. The molecule has 1 aliphatic carbocycles. The molecule has 0 radical (unpaired) electrons. The highest BCUT2D eigenvalue weighted by Gasteiger charge is 2.53. The maximum Gasteiger partial charge on any atom is 0.329 e. The van der Waals surface area contributed by atoms with E-state index in [0.717, 1.165) is 18.3 Å². The Morgan fingerprint density at radius 1 is 1.04 bits per heavy atom. The summed E-state index contributed by atoms with van der Waals surface area (Å²) in [6, 6.07) is -1.10. The fourth-order valence-electron chi connectivity index (χ4n) is 7.40. The van der Waals surface area contributed by atoms with Crippen LogP contribution in [0.15, 0.2) is 23.5 Å². The Balaban J connectivity index is 1.77. The van der Waals surface area contributed by atoms with Crippen molar-refractivity contribution in [2.45, 2.75) is 141 Å². The lowest BCUT2D eigenvalue weighted by atomic mass is 9.78. The van der Waals surface area contributed by atoms with Crippen LogP contribution < -0.4 is 0 Å². The molecular weight excluding hydrogens is 634 g/mol. The molecule has 0 bridgehead atoms. The second kappa shape index (κ2) is 18.3. The molecule has 0 aromatic rings. The van der Waals surface area contributed by atoms with Crippen molar-refractivity contribution < 1.29 is 53.5 Å². The normalized spacial score (nSPS) is 31.7. The number of allylic oxidation sites excluding steroid dienone is 3. The number of methoxy groups -OCH3 is 1. The van der Waals surface area contributed by atoms with Crippen molar-refractivity contribution in [2.75, 3.05) is 13.7 Å². The van der Waals surface area contributed by atoms with Crippen molar-refractivity contribution in [2.24, 2.45) is 23.7 Å². The fourth-order valence-corrected chi connectivity index (χ4v) is 7.40. The van der Waals surface area contributed by atoms with Crippen LogP contribution in [0.2, 0.25) is 0 Å². The molecule has 2 aliphatic heterocycles. The third-order valence-electron chi connectivity index (χ3n) is 11.0. The van der Waals surface area contributed by atoms with Gasteiger partial charge >= 0.3 is 5.97 Å². The smallest absolute Gasteiger partial charge is 0.329 e. The number of nitrogens with zero attached hydrogens (tertiary/aromatic N) is 1. The van der Waals surface area contributed by atoms with E-state index in [2.05, 4.69) is 0 Å². The highest BCUT2D eigenvalue weighted by Crippen LogP contribution is 2.37. The Bertz CT molecular complexity index is 1250. The first-order chi connectivity index (χ1) is 23.2. The lowest BCUT2D eigenvalue weighted by Gasteiger charge is -2.42. The lowest BCUT2D eigenvalue weighted by molar-refractivity contribution is -0.264. The minimum Gasteiger partial charge on any atom is -0.515 e. The van der Waals surface area contributed by atoms with Crippen molar-refractivity contribution in [3.05, 3.63) is 23.5 Å². The molecule has 49 heavy (non-hydrogen) atoms. The number of aliphatic hydroxyl groups is 3. The average Bonchev–Trinajstić information content (AvgIpc) is 3.09. The van der Waals surface area contributed by atoms with E-state index in [1.54, 1.807) is 14.0 Å². The molecule has 12 nitrogen and oxygen atoms in total. The number of hydrogen-bond acceptors (Lipinski definition) is 11. The van der Waals surface area contributed by atoms with Gasteiger partial charge in [-0.3, -0.25) is 19.2 Å². The molecule has 3 aliphatic rings. The average molecular weight is 692 g/mol. The summed E-state index contributed by atoms with van der Waals surface area (Å²) in [6.07, 6.45) is 5.87. The molecule has 1 amide bonds. The molecule has 10 atom stereocenters. The van der Waals surface area contributed by atoms with E-state index in [-0.39, 0.29) is 54.6 Å². The number of carbonyl (C=O) groups is 5. The standard InChI is InChI=1S/C37H57NO11/c1-22(14-16-39)23(2)18-28-12-10-26(5)37(46,49-28)34(43)35(44)38-15-8-7-9-29(38)36(45)48-32(20-31(42)25(4)21-40)24(3)17-27-11-13-30(41)33(19-27)47-6/h14,16,21,23-24,26-30,32-33,40-41,46H,7-13,15,17-20H2,1-6H3/b22-14+,25-21-/t23-,24+,26+,27-,28-,29-,30+,32-,33+,37+/m0/s1. The van der Waals surface area contributed by atoms with Gasteiger partial charge in [0.1, 0.15) is 18.4 Å². The number of amides is 1. The summed E-state index contributed by atoms with van der Waals surface area (Å²) in [5.41, 5.74) is 0.956. The topological polar surface area (TPSA) is 177 Å². The van der Waals surface area contributed by atoms with E-state index in [1.807, 2.05) is 20.8 Å². The summed E-state index contributed by atoms with van der Waals surface area (Å²) >= 11 is 0. The molecule has 2 heterocycles. The maximum atomic E-state index is 13.8. The summed E-state index contributed by atoms with van der Waals surface area (Å²) in [5.74, 6) is -6.50. The van der Waals surface area contributed by atoms with Gasteiger partial charge in [-0.15, -0.1) is 0 Å². The molecule has 3 rings (SSSR count). The molecule has 3 fully saturated rings. The van der Waals surface area contributed by atoms with Gasteiger partial charge in [0, 0.05) is 31.6 Å². The van der Waals surface area contributed by atoms with Crippen molar-refractivity contribution in [3.8, 4) is 0 Å². The van der Waals surface area contributed by atoms with Crippen molar-refractivity contribution in [1.82, 2.24) is 4.90 Å². The molecule has 0 aromatic carbocycles. The van der Waals surface area contributed by atoms with Gasteiger partial charge in [0.15, 0.2) is 5.78 Å². The highest BCUT2D eigenvalue weighted by atomic mass is 16.6. The second-order valence-electron chi connectivity index (χ2n) is 14.6. The van der Waals surface area contributed by atoms with Gasteiger partial charge in [-0.2, -0.15) is 0 Å². The first-order valence-electron chi connectivity index (χ1n) is 17.8. The number of likely N-dealkylation sites (tertiary alicyclic amines) is 1. The Morgan fingerprint density at radius 3 is 2.41 bits per heavy atom. The van der Waals surface area contributed by atoms with Gasteiger partial charge in [-0.1, -0.05) is 26.3 Å². The maximum absolute atomic E-state index is 13.8. The van der Waals surface area contributed by atoms with E-state index < -0.39 is 53.7 Å². The highest BCUT2D eigenvalue weighted by molar-refractivity contribution is 6.39. The quantitative estimate of drug-likeness (QED) is 0.0739. The van der Waals surface area contributed by atoms with E-state index in [9.17, 15) is 39.3 Å². The number of carbonyl (C=O) groups excluding carboxylic acids is 5. The molecule has 2 saturated heterocycles. The van der Waals surface area contributed by atoms with Crippen LogP contribution in [0.1, 0.15) is 105 Å². The third kappa shape index (κ3) is 10.3. The summed E-state index contributed by atoms with van der Waals surface area (Å²) in [7, 11) is 1.56. The van der Waals surface area contributed by atoms with Crippen LogP contribution in [0.3, 0.4) is 0 Å². The number of aliphatic hydroxyl groups excluding tert-OH is 2. The zero-order chi connectivity index (χ0) is 36.5. The van der Waals surface area contributed by atoms with Crippen molar-refractivity contribution in [1.29, 1.82) is 0 Å². The van der Waals surface area contributed by atoms with E-state index in [1.165, 1.54) is 17.9 Å². The number of esters is 1. The van der Waals surface area contributed by atoms with Gasteiger partial charge in [0.05, 0.1) is 24.6 Å². The Hall–Kier alpha value is -2.93. The predicted molar refractivity (Wildman–Crippen MR) is 180 cm³/mol. The monoisotopic (exact) mass is 691 g/mol. The summed E-state index contributed by atoms with van der Waals surface area (Å²) in [5, 5.41) is 31.2. The SMILES string of the molecule is CO[C@@H]1C[C@H](C[C@@H](C)[C@H](CC(=O)/C(C)=C\O)OC(=O)[C@@H]2CCCCN2C(=O)C(=O)[C@]2(O)O[C@H](C[C@H](C)/C(C)=C/C=O)CC[C@H]2C)CC[C@H]1O. The molecular formula is C37H57NO11. The summed E-state index contributed by atoms with van der Waals surface area (Å²) in [6.45, 7) is 8.86. The Labute approximate surface area is 290 Å². The zero-order valence-corrected chi connectivity index (χ0v) is 30.0. The first kappa shape index (κ1) is 40.5. The van der Waals surface area contributed by atoms with E-state index >= 15 is 0 Å². The molecule has 1 saturated carbocycles. The largest absolute Gasteiger partial charge is 0.515 e. The molecule has 0 spiro atoms. The second-order valence-corrected chi connectivity index (χ2v) is 14.6. The van der Waals surface area contributed by atoms with Crippen LogP contribution in [-0.2, 0) is 38.2 Å². The molecule has 276 valence electrons. The lowest BCUT2D eigenvalue weighted by Crippen LogP contribution is -2.60. The number of rotatable bonds is 15. The van der Waals surface area contributed by atoms with Gasteiger partial charge in [-0.05, 0) is 102 Å². The molecule has 0 unspecified atom stereocenters. The number of Topliss-reactive ketones (excluding diaryl/α,β-unsaturated/α-hetero) is 2. The molecule has 3 N–H and O–H groups in total. The van der Waals surface area contributed by atoms with E-state index in [0.29, 0.717) is 57.7 Å². The zero-order valence-electron chi connectivity index (χ0n) is 30.0. The number of ether oxygens (including phenoxy) is 3. The van der Waals surface area contributed by atoms with Crippen LogP contribution in [-0.4, -0.2) is 99.8 Å². The van der Waals surface area contributed by atoms with Crippen molar-refractivity contribution in [3.63, 3.8) is 0 Å². The Morgan fingerprint density at radius 2 is 1.76 bits per heavy atom. The van der Waals surface area contributed by atoms with Crippen LogP contribution in [0.4, 0.5) is 0 Å². The predicted octanol–water partition coefficient (Wildman–Crippen LogP) is 4.15. The third-order valence-corrected chi connectivity index (χ3v) is 11.0. The number of hydrogen-bond donors (Lipinski definition) is 3.